The van der Waals surface area contributed by atoms with Crippen molar-refractivity contribution >= 4 is 10.0 Å². The minimum Gasteiger partial charge on any atom is -0.495 e. The van der Waals surface area contributed by atoms with Crippen LogP contribution in [0, 0.1) is 12.3 Å². The van der Waals surface area contributed by atoms with Crippen molar-refractivity contribution in [1.29, 1.82) is 0 Å². The second-order valence-corrected chi connectivity index (χ2v) is 7.96. The molecular weight excluding hydrogens is 290 g/mol. The lowest BCUT2D eigenvalue weighted by Crippen LogP contribution is -2.32. The fourth-order valence-corrected chi connectivity index (χ4v) is 3.13. The molecule has 0 radical (unpaired) electrons. The minimum absolute atomic E-state index is 0.121. The van der Waals surface area contributed by atoms with Crippen molar-refractivity contribution in [3.05, 3.63) is 23.8 Å². The highest BCUT2D eigenvalue weighted by Crippen LogP contribution is 2.25. The van der Waals surface area contributed by atoms with Gasteiger partial charge in [0.2, 0.25) is 10.0 Å². The first-order chi connectivity index (χ1) is 9.58. The lowest BCUT2D eigenvalue weighted by Gasteiger charge is -2.25. The molecule has 0 aromatic heterocycles. The molecule has 1 aromatic rings. The van der Waals surface area contributed by atoms with Crippen molar-refractivity contribution in [3.8, 4) is 5.75 Å². The van der Waals surface area contributed by atoms with Gasteiger partial charge < -0.3 is 9.84 Å². The van der Waals surface area contributed by atoms with Crippen molar-refractivity contribution in [2.75, 3.05) is 13.7 Å². The highest BCUT2D eigenvalue weighted by molar-refractivity contribution is 7.89. The summed E-state index contributed by atoms with van der Waals surface area (Å²) in [6.45, 7) is 7.74. The summed E-state index contributed by atoms with van der Waals surface area (Å²) in [4.78, 5) is 0.121. The molecule has 1 atom stereocenters. The van der Waals surface area contributed by atoms with Crippen molar-refractivity contribution in [2.45, 2.75) is 45.1 Å². The Balaban J connectivity index is 2.81. The predicted molar refractivity (Wildman–Crippen MR) is 83.0 cm³/mol. The zero-order valence-electron chi connectivity index (χ0n) is 13.3. The van der Waals surface area contributed by atoms with Gasteiger partial charge in [-0.15, -0.1) is 0 Å². The average molecular weight is 315 g/mol. The van der Waals surface area contributed by atoms with Crippen LogP contribution in [-0.4, -0.2) is 33.3 Å². The number of hydrogen-bond donors (Lipinski definition) is 2. The first-order valence-electron chi connectivity index (χ1n) is 6.90. The lowest BCUT2D eigenvalue weighted by atomic mass is 9.87. The molecule has 2 N–H and O–H groups in total. The third-order valence-electron chi connectivity index (χ3n) is 3.32. The van der Waals surface area contributed by atoms with Crippen LogP contribution in [0.4, 0.5) is 0 Å². The summed E-state index contributed by atoms with van der Waals surface area (Å²) in [5.74, 6) is 0.310. The van der Waals surface area contributed by atoms with Crippen LogP contribution in [-0.2, 0) is 10.0 Å². The van der Waals surface area contributed by atoms with E-state index in [-0.39, 0.29) is 16.9 Å². The number of hydrogen-bond acceptors (Lipinski definition) is 4. The van der Waals surface area contributed by atoms with Crippen LogP contribution in [0.25, 0.3) is 0 Å². The molecule has 0 unspecified atom stereocenters. The maximum Gasteiger partial charge on any atom is 0.244 e. The molecule has 5 nitrogen and oxygen atoms in total. The van der Waals surface area contributed by atoms with Crippen molar-refractivity contribution in [3.63, 3.8) is 0 Å². The van der Waals surface area contributed by atoms with Crippen LogP contribution < -0.4 is 9.46 Å². The van der Waals surface area contributed by atoms with E-state index in [2.05, 4.69) is 4.72 Å². The Labute approximate surface area is 127 Å². The number of nitrogens with one attached hydrogen (secondary N) is 1. The highest BCUT2D eigenvalue weighted by Gasteiger charge is 2.24. The summed E-state index contributed by atoms with van der Waals surface area (Å²) >= 11 is 0. The Morgan fingerprint density at radius 3 is 2.48 bits per heavy atom. The van der Waals surface area contributed by atoms with Crippen LogP contribution >= 0.6 is 0 Å². The number of sulfonamides is 1. The summed E-state index contributed by atoms with van der Waals surface area (Å²) in [7, 11) is -2.22. The predicted octanol–water partition coefficient (Wildman–Crippen LogP) is 2.08. The molecule has 0 heterocycles. The molecule has 0 saturated carbocycles. The third kappa shape index (κ3) is 4.98. The van der Waals surface area contributed by atoms with Gasteiger partial charge >= 0.3 is 0 Å². The van der Waals surface area contributed by atoms with E-state index in [4.69, 9.17) is 4.74 Å². The first-order valence-corrected chi connectivity index (χ1v) is 8.38. The van der Waals surface area contributed by atoms with Crippen LogP contribution in [0.3, 0.4) is 0 Å². The van der Waals surface area contributed by atoms with Gasteiger partial charge in [-0.3, -0.25) is 0 Å². The Bertz CT molecular complexity index is 576. The van der Waals surface area contributed by atoms with E-state index >= 15 is 0 Å². The molecule has 0 spiro atoms. The number of methoxy groups -OCH3 is 1. The molecule has 0 bridgehead atoms. The van der Waals surface area contributed by atoms with E-state index in [1.54, 1.807) is 18.2 Å². The van der Waals surface area contributed by atoms with Crippen LogP contribution in [0.15, 0.2) is 23.1 Å². The van der Waals surface area contributed by atoms with E-state index in [1.807, 2.05) is 27.7 Å². The van der Waals surface area contributed by atoms with E-state index in [1.165, 1.54) is 7.11 Å². The maximum atomic E-state index is 12.3. The molecule has 0 amide bonds. The Kier molecular flexibility index (Phi) is 5.78. The van der Waals surface area contributed by atoms with E-state index in [0.29, 0.717) is 12.2 Å². The molecule has 0 saturated heterocycles. The number of ether oxygens (including phenoxy) is 1. The molecule has 21 heavy (non-hydrogen) atoms. The normalized spacial score (nSPS) is 14.0. The molecule has 0 fully saturated rings. The van der Waals surface area contributed by atoms with Gasteiger partial charge in [-0.25, -0.2) is 13.1 Å². The van der Waals surface area contributed by atoms with Gasteiger partial charge in [0.05, 0.1) is 13.2 Å². The number of rotatable bonds is 6. The summed E-state index contributed by atoms with van der Waals surface area (Å²) in [6.07, 6.45) is -0.212. The summed E-state index contributed by atoms with van der Waals surface area (Å²) in [5.41, 5.74) is 0.567. The van der Waals surface area contributed by atoms with Crippen LogP contribution in [0.5, 0.6) is 5.75 Å². The monoisotopic (exact) mass is 315 g/mol. The SMILES string of the molecule is COc1ccc(C)cc1S(=O)(=O)NCC[C@@H](O)C(C)(C)C. The third-order valence-corrected chi connectivity index (χ3v) is 4.80. The van der Waals surface area contributed by atoms with Gasteiger partial charge in [-0.2, -0.15) is 0 Å². The van der Waals surface area contributed by atoms with E-state index < -0.39 is 16.1 Å². The van der Waals surface area contributed by atoms with Crippen molar-refractivity contribution in [1.82, 2.24) is 4.72 Å². The Morgan fingerprint density at radius 1 is 1.33 bits per heavy atom. The largest absolute Gasteiger partial charge is 0.495 e. The summed E-state index contributed by atoms with van der Waals surface area (Å²) in [6, 6.07) is 5.00. The van der Waals surface area contributed by atoms with Crippen LogP contribution in [0.1, 0.15) is 32.8 Å². The standard InChI is InChI=1S/C15H25NO4S/c1-11-6-7-12(20-5)13(10-11)21(18,19)16-9-8-14(17)15(2,3)4/h6-7,10,14,16-17H,8-9H2,1-5H3/t14-/m1/s1. The molecule has 0 aliphatic carbocycles. The highest BCUT2D eigenvalue weighted by atomic mass is 32.2. The van der Waals surface area contributed by atoms with Gasteiger partial charge in [0, 0.05) is 6.54 Å². The second-order valence-electron chi connectivity index (χ2n) is 6.22. The molecule has 1 rings (SSSR count). The topological polar surface area (TPSA) is 75.6 Å². The van der Waals surface area contributed by atoms with Gasteiger partial charge in [-0.1, -0.05) is 26.8 Å². The minimum atomic E-state index is -3.65. The van der Waals surface area contributed by atoms with Gasteiger partial charge in [-0.05, 0) is 36.5 Å². The first kappa shape index (κ1) is 17.9. The zero-order valence-corrected chi connectivity index (χ0v) is 14.1. The number of aliphatic hydroxyl groups excluding tert-OH is 1. The Morgan fingerprint density at radius 2 is 1.95 bits per heavy atom. The summed E-state index contributed by atoms with van der Waals surface area (Å²) < 4.78 is 32.3. The molecule has 0 aliphatic heterocycles. The smallest absolute Gasteiger partial charge is 0.244 e. The van der Waals surface area contributed by atoms with Crippen molar-refractivity contribution < 1.29 is 18.3 Å². The van der Waals surface area contributed by atoms with E-state index in [9.17, 15) is 13.5 Å². The van der Waals surface area contributed by atoms with Crippen LogP contribution in [0.2, 0.25) is 0 Å². The van der Waals surface area contributed by atoms with Crippen molar-refractivity contribution in [2.24, 2.45) is 5.41 Å². The lowest BCUT2D eigenvalue weighted by molar-refractivity contribution is 0.0571. The fourth-order valence-electron chi connectivity index (χ4n) is 1.83. The molecule has 0 aliphatic rings. The molecule has 1 aromatic carbocycles. The second kappa shape index (κ2) is 6.77. The molecule has 6 heteroatoms. The van der Waals surface area contributed by atoms with E-state index in [0.717, 1.165) is 5.56 Å². The maximum absolute atomic E-state index is 12.3. The van der Waals surface area contributed by atoms with Gasteiger partial charge in [0.1, 0.15) is 10.6 Å². The number of aryl methyl sites for hydroxylation is 1. The average Bonchev–Trinajstić information content (AvgIpc) is 2.37. The van der Waals surface area contributed by atoms with Gasteiger partial charge in [0.25, 0.3) is 0 Å². The number of aliphatic hydroxyl groups is 1. The Hall–Kier alpha value is -1.11. The quantitative estimate of drug-likeness (QED) is 0.843. The molecule has 120 valence electrons. The van der Waals surface area contributed by atoms with Gasteiger partial charge in [0.15, 0.2) is 0 Å². The summed E-state index contributed by atoms with van der Waals surface area (Å²) in [5, 5.41) is 9.94. The molecular formula is C15H25NO4S. The fraction of sp³-hybridized carbons (Fsp3) is 0.600. The zero-order chi connectivity index (χ0) is 16.3. The number of benzene rings is 1.